The van der Waals surface area contributed by atoms with E-state index in [2.05, 4.69) is 5.32 Å². The smallest absolute Gasteiger partial charge is 0.410 e. The van der Waals surface area contributed by atoms with Crippen LogP contribution in [0.15, 0.2) is 17.1 Å². The molecule has 31 heavy (non-hydrogen) atoms. The molecule has 0 bridgehead atoms. The molecule has 1 amide bonds. The van der Waals surface area contributed by atoms with Crippen molar-refractivity contribution in [1.29, 1.82) is 0 Å². The zero-order valence-corrected chi connectivity index (χ0v) is 18.0. The summed E-state index contributed by atoms with van der Waals surface area (Å²) in [6, 6.07) is 1.01. The number of carbonyl (C=O) groups excluding carboxylic acids is 1. The first-order valence-corrected chi connectivity index (χ1v) is 9.96. The number of hydrogen-bond donors (Lipinski definition) is 2. The zero-order valence-electron chi connectivity index (χ0n) is 18.0. The first-order chi connectivity index (χ1) is 13.9. The molecule has 11 heteroatoms. The SMILES string of the molecule is CC(C)(C)OC(=O)N1C[C@@H]2C(Nc3cc(=O)n(C4(C(F)F)CC4)cc3C(=O)O)[C@@H]2C1.[Li]. The van der Waals surface area contributed by atoms with Crippen molar-refractivity contribution in [3.63, 3.8) is 0 Å². The Morgan fingerprint density at radius 1 is 1.26 bits per heavy atom. The molecule has 1 aromatic heterocycles. The maximum absolute atomic E-state index is 13.4. The minimum absolute atomic E-state index is 0. The van der Waals surface area contributed by atoms with Gasteiger partial charge in [-0.15, -0.1) is 0 Å². The number of nitrogens with zero attached hydrogens (tertiary/aromatic N) is 2. The molecule has 4 rings (SSSR count). The number of hydrogen-bond acceptors (Lipinski definition) is 5. The molecule has 0 aromatic carbocycles. The number of carboxylic acid groups (broad SMARTS) is 1. The summed E-state index contributed by atoms with van der Waals surface area (Å²) in [5.41, 5.74) is -2.92. The molecule has 1 radical (unpaired) electrons. The maximum Gasteiger partial charge on any atom is 0.410 e. The minimum atomic E-state index is -2.74. The Morgan fingerprint density at radius 3 is 2.29 bits per heavy atom. The first-order valence-electron chi connectivity index (χ1n) is 9.96. The van der Waals surface area contributed by atoms with E-state index in [4.69, 9.17) is 4.74 Å². The van der Waals surface area contributed by atoms with Crippen LogP contribution in [-0.2, 0) is 10.3 Å². The number of ether oxygens (including phenoxy) is 1. The van der Waals surface area contributed by atoms with Crippen LogP contribution in [0.1, 0.15) is 44.0 Å². The Kier molecular flexibility index (Phi) is 5.95. The van der Waals surface area contributed by atoms with Crippen LogP contribution < -0.4 is 10.9 Å². The molecule has 1 unspecified atom stereocenters. The van der Waals surface area contributed by atoms with Crippen molar-refractivity contribution in [3.8, 4) is 0 Å². The van der Waals surface area contributed by atoms with Gasteiger partial charge in [-0.25, -0.2) is 18.4 Å². The number of aromatic carboxylic acids is 1. The van der Waals surface area contributed by atoms with Crippen LogP contribution in [0.25, 0.3) is 0 Å². The van der Waals surface area contributed by atoms with Gasteiger partial charge in [-0.1, -0.05) is 0 Å². The normalized spacial score (nSPS) is 25.5. The molecule has 1 aromatic rings. The summed E-state index contributed by atoms with van der Waals surface area (Å²) in [5, 5.41) is 12.6. The number of carbonyl (C=O) groups is 2. The van der Waals surface area contributed by atoms with Crippen LogP contribution in [0, 0.1) is 11.8 Å². The number of likely N-dealkylation sites (tertiary alicyclic amines) is 1. The van der Waals surface area contributed by atoms with Crippen LogP contribution in [0.3, 0.4) is 0 Å². The third kappa shape index (κ3) is 4.33. The molecule has 3 aliphatic rings. The molecule has 2 N–H and O–H groups in total. The molecule has 2 heterocycles. The van der Waals surface area contributed by atoms with Gasteiger partial charge in [0.25, 0.3) is 12.0 Å². The molecule has 0 spiro atoms. The third-order valence-electron chi connectivity index (χ3n) is 6.10. The monoisotopic (exact) mass is 432 g/mol. The number of fused-ring (bicyclic) bond motifs is 1. The fourth-order valence-electron chi connectivity index (χ4n) is 4.26. The van der Waals surface area contributed by atoms with Gasteiger partial charge >= 0.3 is 12.1 Å². The summed E-state index contributed by atoms with van der Waals surface area (Å²) >= 11 is 0. The first kappa shape index (κ1) is 23.6. The van der Waals surface area contributed by atoms with E-state index >= 15 is 0 Å². The largest absolute Gasteiger partial charge is 0.478 e. The van der Waals surface area contributed by atoms with Crippen LogP contribution in [0.4, 0.5) is 19.3 Å². The summed E-state index contributed by atoms with van der Waals surface area (Å²) in [6.07, 6.45) is -1.81. The van der Waals surface area contributed by atoms with Crippen molar-refractivity contribution in [2.45, 2.75) is 57.2 Å². The van der Waals surface area contributed by atoms with E-state index in [9.17, 15) is 28.3 Å². The van der Waals surface area contributed by atoms with Gasteiger partial charge in [0.1, 0.15) is 11.1 Å². The molecule has 8 nitrogen and oxygen atoms in total. The molecule has 3 fully saturated rings. The molecule has 2 aliphatic carbocycles. The predicted molar refractivity (Wildman–Crippen MR) is 109 cm³/mol. The molecule has 1 saturated heterocycles. The summed E-state index contributed by atoms with van der Waals surface area (Å²) in [6.45, 7) is 6.33. The maximum atomic E-state index is 13.4. The number of carboxylic acids is 1. The quantitative estimate of drug-likeness (QED) is 0.692. The van der Waals surface area contributed by atoms with E-state index in [-0.39, 0.29) is 66.9 Å². The Hall–Kier alpha value is -2.05. The Morgan fingerprint density at radius 2 is 1.84 bits per heavy atom. The number of amides is 1. The Balaban J connectivity index is 0.00000272. The zero-order chi connectivity index (χ0) is 22.0. The van der Waals surface area contributed by atoms with Crippen molar-refractivity contribution in [3.05, 3.63) is 28.2 Å². The average molecular weight is 432 g/mol. The fraction of sp³-hybridized carbons (Fsp3) is 0.650. The number of nitrogens with one attached hydrogen (secondary N) is 1. The summed E-state index contributed by atoms with van der Waals surface area (Å²) in [5.74, 6) is -1.05. The fourth-order valence-corrected chi connectivity index (χ4v) is 4.26. The minimum Gasteiger partial charge on any atom is -0.478 e. The van der Waals surface area contributed by atoms with Crippen LogP contribution in [-0.4, -0.2) is 76.7 Å². The van der Waals surface area contributed by atoms with Gasteiger partial charge in [-0.3, -0.25) is 4.79 Å². The summed E-state index contributed by atoms with van der Waals surface area (Å²) in [4.78, 5) is 38.0. The molecule has 165 valence electrons. The van der Waals surface area contributed by atoms with Gasteiger partial charge in [0.05, 0.1) is 11.3 Å². The van der Waals surface area contributed by atoms with E-state index in [1.165, 1.54) is 0 Å². The molecule has 1 aliphatic heterocycles. The summed E-state index contributed by atoms with van der Waals surface area (Å²) in [7, 11) is 0. The van der Waals surface area contributed by atoms with Crippen LogP contribution >= 0.6 is 0 Å². The van der Waals surface area contributed by atoms with E-state index in [1.54, 1.807) is 25.7 Å². The van der Waals surface area contributed by atoms with Crippen molar-refractivity contribution >= 4 is 36.6 Å². The van der Waals surface area contributed by atoms with Crippen molar-refractivity contribution in [2.24, 2.45) is 11.8 Å². The Bertz CT molecular complexity index is 945. The van der Waals surface area contributed by atoms with E-state index in [0.29, 0.717) is 13.1 Å². The molecule has 3 atom stereocenters. The van der Waals surface area contributed by atoms with E-state index in [0.717, 1.165) is 16.8 Å². The van der Waals surface area contributed by atoms with Gasteiger partial charge < -0.3 is 24.6 Å². The van der Waals surface area contributed by atoms with Crippen molar-refractivity contribution in [2.75, 3.05) is 18.4 Å². The Labute approximate surface area is 190 Å². The topological polar surface area (TPSA) is 101 Å². The number of anilines is 1. The van der Waals surface area contributed by atoms with Crippen molar-refractivity contribution in [1.82, 2.24) is 9.47 Å². The number of alkyl halides is 2. The second-order valence-corrected chi connectivity index (χ2v) is 9.40. The standard InChI is InChI=1S/C20H25F2N3O5.Li/c1-19(2,3)30-18(29)24-7-10-11(8-24)15(10)23-13-6-14(26)25(9-12(13)16(27)28)20(4-5-20)17(21)22;/h6,9-11,15,17,23H,4-5,7-8H2,1-3H3,(H,27,28);/t10-,11+,15?;. The number of pyridine rings is 1. The predicted octanol–water partition coefficient (Wildman–Crippen LogP) is 2.20. The van der Waals surface area contributed by atoms with Gasteiger partial charge in [0.2, 0.25) is 0 Å². The van der Waals surface area contributed by atoms with Gasteiger partial charge in [-0.2, -0.15) is 0 Å². The number of piperidine rings is 1. The summed E-state index contributed by atoms with van der Waals surface area (Å²) < 4.78 is 33.0. The second-order valence-electron chi connectivity index (χ2n) is 9.40. The average Bonchev–Trinajstić information content (AvgIpc) is 3.49. The number of halogens is 2. The van der Waals surface area contributed by atoms with Crippen molar-refractivity contribution < 1.29 is 28.2 Å². The van der Waals surface area contributed by atoms with E-state index < -0.39 is 29.1 Å². The van der Waals surface area contributed by atoms with Crippen LogP contribution in [0.5, 0.6) is 0 Å². The van der Waals surface area contributed by atoms with Crippen LogP contribution in [0.2, 0.25) is 0 Å². The van der Waals surface area contributed by atoms with E-state index in [1.807, 2.05) is 0 Å². The number of aromatic nitrogens is 1. The molecular weight excluding hydrogens is 407 g/mol. The number of rotatable bonds is 5. The van der Waals surface area contributed by atoms with Gasteiger partial charge in [-0.05, 0) is 33.6 Å². The molecule has 2 saturated carbocycles. The third-order valence-corrected chi connectivity index (χ3v) is 6.10. The van der Waals surface area contributed by atoms with Gasteiger partial charge in [0, 0.05) is 62.1 Å². The van der Waals surface area contributed by atoms with Gasteiger partial charge in [0.15, 0.2) is 0 Å². The molecular formula is C20H25F2LiN3O5. The second kappa shape index (κ2) is 7.82.